The SMILES string of the molecule is CC1CCCN(Cc2csc(NC(=O)C3Oc4ccccc4OC3C)n2)C1. The third-order valence-electron chi connectivity index (χ3n) is 5.01. The summed E-state index contributed by atoms with van der Waals surface area (Å²) in [6.45, 7) is 7.20. The van der Waals surface area contributed by atoms with Gasteiger partial charge in [-0.2, -0.15) is 0 Å². The highest BCUT2D eigenvalue weighted by atomic mass is 32.1. The molecule has 0 aliphatic carbocycles. The van der Waals surface area contributed by atoms with E-state index in [9.17, 15) is 4.79 Å². The van der Waals surface area contributed by atoms with E-state index in [1.807, 2.05) is 36.6 Å². The lowest BCUT2D eigenvalue weighted by molar-refractivity contribution is -0.128. The number of aromatic nitrogens is 1. The quantitative estimate of drug-likeness (QED) is 0.869. The molecule has 3 unspecified atom stereocenters. The number of rotatable bonds is 4. The molecule has 0 spiro atoms. The molecule has 3 atom stereocenters. The highest BCUT2D eigenvalue weighted by molar-refractivity contribution is 7.13. The van der Waals surface area contributed by atoms with Gasteiger partial charge in [0.05, 0.1) is 5.69 Å². The molecule has 4 rings (SSSR count). The molecule has 2 aliphatic rings. The third-order valence-corrected chi connectivity index (χ3v) is 5.82. The van der Waals surface area contributed by atoms with Gasteiger partial charge in [0.2, 0.25) is 6.10 Å². The number of nitrogens with zero attached hydrogens (tertiary/aromatic N) is 2. The zero-order chi connectivity index (χ0) is 18.8. The summed E-state index contributed by atoms with van der Waals surface area (Å²) in [5.74, 6) is 1.77. The van der Waals surface area contributed by atoms with Crippen LogP contribution in [0.2, 0.25) is 0 Å². The van der Waals surface area contributed by atoms with Crippen molar-refractivity contribution in [3.8, 4) is 11.5 Å². The second kappa shape index (κ2) is 7.86. The summed E-state index contributed by atoms with van der Waals surface area (Å²) in [5, 5.41) is 5.51. The van der Waals surface area contributed by atoms with Gasteiger partial charge in [-0.15, -0.1) is 11.3 Å². The molecule has 144 valence electrons. The number of hydrogen-bond donors (Lipinski definition) is 1. The lowest BCUT2D eigenvalue weighted by Crippen LogP contribution is -2.46. The molecule has 27 heavy (non-hydrogen) atoms. The van der Waals surface area contributed by atoms with Crippen molar-refractivity contribution in [2.24, 2.45) is 5.92 Å². The maximum absolute atomic E-state index is 12.7. The second-order valence-electron chi connectivity index (χ2n) is 7.42. The molecule has 1 aromatic carbocycles. The molecular formula is C20H25N3O3S. The Hall–Kier alpha value is -2.12. The van der Waals surface area contributed by atoms with Crippen LogP contribution in [0.5, 0.6) is 11.5 Å². The smallest absolute Gasteiger partial charge is 0.271 e. The topological polar surface area (TPSA) is 63.7 Å². The highest BCUT2D eigenvalue weighted by Crippen LogP contribution is 2.33. The van der Waals surface area contributed by atoms with Gasteiger partial charge in [-0.05, 0) is 44.4 Å². The predicted octanol–water partition coefficient (Wildman–Crippen LogP) is 3.54. The number of fused-ring (bicyclic) bond motifs is 1. The van der Waals surface area contributed by atoms with Gasteiger partial charge >= 0.3 is 0 Å². The van der Waals surface area contributed by atoms with Crippen LogP contribution in [0.1, 0.15) is 32.4 Å². The molecule has 2 aromatic rings. The molecule has 1 saturated heterocycles. The van der Waals surface area contributed by atoms with Crippen molar-refractivity contribution < 1.29 is 14.3 Å². The number of ether oxygens (including phenoxy) is 2. The fourth-order valence-electron chi connectivity index (χ4n) is 3.68. The van der Waals surface area contributed by atoms with E-state index in [-0.39, 0.29) is 12.0 Å². The Morgan fingerprint density at radius 2 is 2.07 bits per heavy atom. The minimum Gasteiger partial charge on any atom is -0.482 e. The molecular weight excluding hydrogens is 362 g/mol. The Morgan fingerprint density at radius 1 is 1.30 bits per heavy atom. The van der Waals surface area contributed by atoms with Crippen LogP contribution in [0.15, 0.2) is 29.6 Å². The Bertz CT molecular complexity index is 809. The van der Waals surface area contributed by atoms with E-state index in [0.717, 1.165) is 31.2 Å². The van der Waals surface area contributed by atoms with Crippen molar-refractivity contribution >= 4 is 22.4 Å². The molecule has 3 heterocycles. The van der Waals surface area contributed by atoms with E-state index >= 15 is 0 Å². The normalized spacial score (nSPS) is 25.2. The average Bonchev–Trinajstić information content (AvgIpc) is 3.07. The van der Waals surface area contributed by atoms with Crippen LogP contribution < -0.4 is 14.8 Å². The zero-order valence-electron chi connectivity index (χ0n) is 15.7. The van der Waals surface area contributed by atoms with Crippen molar-refractivity contribution in [1.82, 2.24) is 9.88 Å². The van der Waals surface area contributed by atoms with Gasteiger partial charge < -0.3 is 9.47 Å². The van der Waals surface area contributed by atoms with Crippen molar-refractivity contribution in [3.63, 3.8) is 0 Å². The van der Waals surface area contributed by atoms with Crippen LogP contribution in [0.25, 0.3) is 0 Å². The van der Waals surface area contributed by atoms with Crippen molar-refractivity contribution in [3.05, 3.63) is 35.3 Å². The fourth-order valence-corrected chi connectivity index (χ4v) is 4.38. The number of piperidine rings is 1. The number of likely N-dealkylation sites (tertiary alicyclic amines) is 1. The molecule has 0 saturated carbocycles. The molecule has 1 aromatic heterocycles. The predicted molar refractivity (Wildman–Crippen MR) is 105 cm³/mol. The number of benzene rings is 1. The molecule has 2 aliphatic heterocycles. The first-order valence-corrected chi connectivity index (χ1v) is 10.4. The maximum Gasteiger partial charge on any atom is 0.271 e. The van der Waals surface area contributed by atoms with E-state index in [0.29, 0.717) is 16.6 Å². The average molecular weight is 388 g/mol. The monoisotopic (exact) mass is 387 g/mol. The molecule has 7 heteroatoms. The number of carbonyl (C=O) groups excluding carboxylic acids is 1. The van der Waals surface area contributed by atoms with Crippen LogP contribution in [0.3, 0.4) is 0 Å². The summed E-state index contributed by atoms with van der Waals surface area (Å²) in [7, 11) is 0. The lowest BCUT2D eigenvalue weighted by Gasteiger charge is -2.30. The zero-order valence-corrected chi connectivity index (χ0v) is 16.5. The van der Waals surface area contributed by atoms with Gasteiger partial charge in [0.25, 0.3) is 5.91 Å². The Balaban J connectivity index is 1.37. The largest absolute Gasteiger partial charge is 0.482 e. The first-order valence-electron chi connectivity index (χ1n) is 9.48. The van der Waals surface area contributed by atoms with Crippen molar-refractivity contribution in [1.29, 1.82) is 0 Å². The Morgan fingerprint density at radius 3 is 2.85 bits per heavy atom. The number of anilines is 1. The van der Waals surface area contributed by atoms with E-state index in [1.54, 1.807) is 0 Å². The summed E-state index contributed by atoms with van der Waals surface area (Å²) >= 11 is 1.45. The summed E-state index contributed by atoms with van der Waals surface area (Å²) < 4.78 is 11.7. The van der Waals surface area contributed by atoms with Crippen LogP contribution in [-0.4, -0.2) is 41.1 Å². The molecule has 1 N–H and O–H groups in total. The summed E-state index contributed by atoms with van der Waals surface area (Å²) in [5.41, 5.74) is 1.00. The summed E-state index contributed by atoms with van der Waals surface area (Å²) in [4.78, 5) is 19.7. The second-order valence-corrected chi connectivity index (χ2v) is 8.28. The first-order chi connectivity index (χ1) is 13.1. The summed E-state index contributed by atoms with van der Waals surface area (Å²) in [6, 6.07) is 7.40. The van der Waals surface area contributed by atoms with Crippen molar-refractivity contribution in [2.75, 3.05) is 18.4 Å². The maximum atomic E-state index is 12.7. The molecule has 0 bridgehead atoms. The van der Waals surface area contributed by atoms with Gasteiger partial charge in [-0.25, -0.2) is 4.98 Å². The van der Waals surface area contributed by atoms with Crippen LogP contribution in [-0.2, 0) is 11.3 Å². The Kier molecular flexibility index (Phi) is 5.31. The van der Waals surface area contributed by atoms with Crippen LogP contribution in [0.4, 0.5) is 5.13 Å². The highest BCUT2D eigenvalue weighted by Gasteiger charge is 2.34. The van der Waals surface area contributed by atoms with E-state index in [2.05, 4.69) is 22.1 Å². The van der Waals surface area contributed by atoms with Gasteiger partial charge in [0.1, 0.15) is 6.10 Å². The van der Waals surface area contributed by atoms with Crippen LogP contribution in [0, 0.1) is 5.92 Å². The molecule has 1 amide bonds. The minimum absolute atomic E-state index is 0.232. The third kappa shape index (κ3) is 4.25. The minimum atomic E-state index is -0.699. The Labute approximate surface area is 163 Å². The fraction of sp³-hybridized carbons (Fsp3) is 0.500. The number of hydrogen-bond acceptors (Lipinski definition) is 6. The van der Waals surface area contributed by atoms with Gasteiger partial charge in [-0.1, -0.05) is 19.1 Å². The van der Waals surface area contributed by atoms with E-state index in [4.69, 9.17) is 9.47 Å². The van der Waals surface area contributed by atoms with Gasteiger partial charge in [-0.3, -0.25) is 15.0 Å². The van der Waals surface area contributed by atoms with Gasteiger partial charge in [0.15, 0.2) is 16.6 Å². The lowest BCUT2D eigenvalue weighted by atomic mass is 10.0. The standard InChI is InChI=1S/C20H25N3O3S/c1-13-6-5-9-23(10-13)11-15-12-27-20(21-15)22-19(24)18-14(2)25-16-7-3-4-8-17(16)26-18/h3-4,7-8,12-14,18H,5-6,9-11H2,1-2H3,(H,21,22,24). The number of nitrogens with one attached hydrogen (secondary N) is 1. The van der Waals surface area contributed by atoms with Gasteiger partial charge in [0, 0.05) is 18.5 Å². The van der Waals surface area contributed by atoms with Crippen molar-refractivity contribution in [2.45, 2.75) is 45.4 Å². The number of carbonyl (C=O) groups is 1. The first kappa shape index (κ1) is 18.3. The molecule has 6 nitrogen and oxygen atoms in total. The molecule has 1 fully saturated rings. The number of thiazole rings is 1. The number of amides is 1. The number of para-hydroxylation sites is 2. The van der Waals surface area contributed by atoms with Crippen LogP contribution >= 0.6 is 11.3 Å². The summed E-state index contributed by atoms with van der Waals surface area (Å²) in [6.07, 6.45) is 1.48. The van der Waals surface area contributed by atoms with E-state index in [1.165, 1.54) is 24.2 Å². The molecule has 0 radical (unpaired) electrons. The van der Waals surface area contributed by atoms with E-state index < -0.39 is 6.10 Å².